The van der Waals surface area contributed by atoms with Crippen LogP contribution in [0.15, 0.2) is 53.4 Å². The van der Waals surface area contributed by atoms with Gasteiger partial charge in [-0.05, 0) is 69.3 Å². The van der Waals surface area contributed by atoms with E-state index in [1.165, 1.54) is 35.5 Å². The number of hydrogen-bond acceptors (Lipinski definition) is 7. The summed E-state index contributed by atoms with van der Waals surface area (Å²) in [6.07, 6.45) is -1.04. The third kappa shape index (κ3) is 6.53. The first kappa shape index (κ1) is 24.7. The van der Waals surface area contributed by atoms with E-state index >= 15 is 0 Å². The molecular formula is C23H28N2O7S. The molecule has 1 aliphatic heterocycles. The minimum absolute atomic E-state index is 0.0139. The van der Waals surface area contributed by atoms with Gasteiger partial charge in [-0.2, -0.15) is 4.31 Å². The highest BCUT2D eigenvalue weighted by Crippen LogP contribution is 2.20. The molecule has 1 atom stereocenters. The second-order valence-corrected chi connectivity index (χ2v) is 9.71. The summed E-state index contributed by atoms with van der Waals surface area (Å²) in [5.74, 6) is -0.543. The van der Waals surface area contributed by atoms with Crippen molar-refractivity contribution >= 4 is 27.6 Å². The molecule has 1 saturated heterocycles. The van der Waals surface area contributed by atoms with Crippen molar-refractivity contribution in [2.24, 2.45) is 0 Å². The van der Waals surface area contributed by atoms with Gasteiger partial charge in [-0.3, -0.25) is 4.79 Å². The molecule has 3 rings (SSSR count). The van der Waals surface area contributed by atoms with Gasteiger partial charge >= 0.3 is 5.97 Å². The number of carbonyl (C=O) groups excluding carboxylic acids is 2. The third-order valence-electron chi connectivity index (χ3n) is 4.84. The topological polar surface area (TPSA) is 111 Å². The molecule has 1 heterocycles. The van der Waals surface area contributed by atoms with E-state index in [4.69, 9.17) is 14.2 Å². The standard InChI is InChI=1S/C23H28N2O7S/c1-16(2)31-20-8-4-18(5-9-20)23(27)32-17(3)22(26)24-19-6-10-21(11-7-19)33(28,29)25-12-14-30-15-13-25/h4-11,16-17H,12-15H2,1-3H3,(H,24,26). The lowest BCUT2D eigenvalue weighted by molar-refractivity contribution is -0.123. The van der Waals surface area contributed by atoms with Gasteiger partial charge in [0.05, 0.1) is 29.8 Å². The van der Waals surface area contributed by atoms with Gasteiger partial charge in [0.2, 0.25) is 10.0 Å². The van der Waals surface area contributed by atoms with Crippen LogP contribution in [0.1, 0.15) is 31.1 Å². The predicted molar refractivity (Wildman–Crippen MR) is 122 cm³/mol. The first-order valence-corrected chi connectivity index (χ1v) is 12.1. The Hall–Kier alpha value is -2.95. The maximum Gasteiger partial charge on any atom is 0.338 e. The van der Waals surface area contributed by atoms with E-state index in [2.05, 4.69) is 5.32 Å². The maximum atomic E-state index is 12.7. The number of carbonyl (C=O) groups is 2. The van der Waals surface area contributed by atoms with Gasteiger partial charge in [0.25, 0.3) is 5.91 Å². The molecule has 2 aromatic carbocycles. The summed E-state index contributed by atoms with van der Waals surface area (Å²) < 4.78 is 42.7. The van der Waals surface area contributed by atoms with Crippen molar-refractivity contribution in [3.63, 3.8) is 0 Å². The first-order valence-electron chi connectivity index (χ1n) is 10.6. The van der Waals surface area contributed by atoms with E-state index in [-0.39, 0.29) is 11.0 Å². The molecule has 33 heavy (non-hydrogen) atoms. The van der Waals surface area contributed by atoms with Gasteiger partial charge < -0.3 is 19.5 Å². The molecule has 178 valence electrons. The third-order valence-corrected chi connectivity index (χ3v) is 6.76. The Balaban J connectivity index is 1.56. The zero-order chi connectivity index (χ0) is 24.0. The fourth-order valence-corrected chi connectivity index (χ4v) is 4.52. The molecule has 1 amide bonds. The van der Waals surface area contributed by atoms with Crippen molar-refractivity contribution in [3.8, 4) is 5.75 Å². The maximum absolute atomic E-state index is 12.7. The van der Waals surface area contributed by atoms with E-state index in [0.717, 1.165) is 0 Å². The van der Waals surface area contributed by atoms with Crippen molar-refractivity contribution in [1.82, 2.24) is 4.31 Å². The molecule has 0 aliphatic carbocycles. The Morgan fingerprint density at radius 3 is 2.15 bits per heavy atom. The lowest BCUT2D eigenvalue weighted by Gasteiger charge is -2.26. The normalized spacial score (nSPS) is 15.6. The fraction of sp³-hybridized carbons (Fsp3) is 0.391. The van der Waals surface area contributed by atoms with Gasteiger partial charge in [0.1, 0.15) is 5.75 Å². The molecule has 1 aliphatic rings. The molecule has 0 radical (unpaired) electrons. The summed E-state index contributed by atoms with van der Waals surface area (Å²) in [6.45, 7) is 6.59. The highest BCUT2D eigenvalue weighted by Gasteiger charge is 2.26. The van der Waals surface area contributed by atoms with Crippen LogP contribution in [-0.4, -0.2) is 63.1 Å². The Morgan fingerprint density at radius 1 is 0.970 bits per heavy atom. The predicted octanol–water partition coefficient (Wildman–Crippen LogP) is 2.68. The number of sulfonamides is 1. The van der Waals surface area contributed by atoms with E-state index in [1.54, 1.807) is 24.3 Å². The van der Waals surface area contributed by atoms with E-state index in [1.807, 2.05) is 13.8 Å². The van der Waals surface area contributed by atoms with Crippen LogP contribution in [0.4, 0.5) is 5.69 Å². The molecular weight excluding hydrogens is 448 g/mol. The molecule has 1 N–H and O–H groups in total. The zero-order valence-corrected chi connectivity index (χ0v) is 19.6. The number of amides is 1. The average molecular weight is 477 g/mol. The van der Waals surface area contributed by atoms with Crippen LogP contribution >= 0.6 is 0 Å². The number of ether oxygens (including phenoxy) is 3. The summed E-state index contributed by atoms with van der Waals surface area (Å²) in [7, 11) is -3.62. The van der Waals surface area contributed by atoms with Crippen LogP contribution in [0.25, 0.3) is 0 Å². The van der Waals surface area contributed by atoms with E-state index < -0.39 is 28.0 Å². The lowest BCUT2D eigenvalue weighted by Crippen LogP contribution is -2.40. The Kier molecular flexibility index (Phi) is 8.06. The summed E-state index contributed by atoms with van der Waals surface area (Å²) in [5, 5.41) is 2.62. The SMILES string of the molecule is CC(C)Oc1ccc(C(=O)OC(C)C(=O)Nc2ccc(S(=O)(=O)N3CCOCC3)cc2)cc1. The number of nitrogens with zero attached hydrogens (tertiary/aromatic N) is 1. The zero-order valence-electron chi connectivity index (χ0n) is 18.8. The summed E-state index contributed by atoms with van der Waals surface area (Å²) in [4.78, 5) is 24.9. The number of hydrogen-bond donors (Lipinski definition) is 1. The van der Waals surface area contributed by atoms with Gasteiger partial charge in [0.15, 0.2) is 6.10 Å². The van der Waals surface area contributed by atoms with Crippen molar-refractivity contribution in [3.05, 3.63) is 54.1 Å². The minimum Gasteiger partial charge on any atom is -0.491 e. The molecule has 0 aromatic heterocycles. The van der Waals surface area contributed by atoms with Crippen LogP contribution in [0.3, 0.4) is 0 Å². The number of rotatable bonds is 8. The number of esters is 1. The summed E-state index contributed by atoms with van der Waals surface area (Å²) >= 11 is 0. The minimum atomic E-state index is -3.62. The van der Waals surface area contributed by atoms with Gasteiger partial charge in [-0.1, -0.05) is 0 Å². The van der Waals surface area contributed by atoms with Crippen LogP contribution in [0.5, 0.6) is 5.75 Å². The lowest BCUT2D eigenvalue weighted by atomic mass is 10.2. The summed E-state index contributed by atoms with van der Waals surface area (Å²) in [5.41, 5.74) is 0.683. The number of nitrogens with one attached hydrogen (secondary N) is 1. The van der Waals surface area contributed by atoms with Crippen LogP contribution in [-0.2, 0) is 24.3 Å². The van der Waals surface area contributed by atoms with Crippen molar-refractivity contribution in [1.29, 1.82) is 0 Å². The highest BCUT2D eigenvalue weighted by molar-refractivity contribution is 7.89. The molecule has 9 nitrogen and oxygen atoms in total. The Bertz CT molecular complexity index is 1060. The molecule has 0 bridgehead atoms. The van der Waals surface area contributed by atoms with Crippen LogP contribution in [0.2, 0.25) is 0 Å². The molecule has 0 saturated carbocycles. The largest absolute Gasteiger partial charge is 0.491 e. The fourth-order valence-electron chi connectivity index (χ4n) is 3.11. The van der Waals surface area contributed by atoms with Gasteiger partial charge in [-0.15, -0.1) is 0 Å². The van der Waals surface area contributed by atoms with E-state index in [9.17, 15) is 18.0 Å². The van der Waals surface area contributed by atoms with Crippen molar-refractivity contribution in [2.75, 3.05) is 31.6 Å². The Labute approximate surface area is 193 Å². The molecule has 1 fully saturated rings. The number of morpholine rings is 1. The quantitative estimate of drug-likeness (QED) is 0.583. The average Bonchev–Trinajstić information content (AvgIpc) is 2.80. The second kappa shape index (κ2) is 10.8. The molecule has 1 unspecified atom stereocenters. The molecule has 0 spiro atoms. The van der Waals surface area contributed by atoms with Gasteiger partial charge in [0, 0.05) is 18.8 Å². The van der Waals surface area contributed by atoms with Crippen LogP contribution in [0, 0.1) is 0 Å². The molecule has 10 heteroatoms. The number of benzene rings is 2. The van der Waals surface area contributed by atoms with Crippen LogP contribution < -0.4 is 10.1 Å². The monoisotopic (exact) mass is 476 g/mol. The summed E-state index contributed by atoms with van der Waals surface area (Å²) in [6, 6.07) is 12.3. The second-order valence-electron chi connectivity index (χ2n) is 7.77. The highest BCUT2D eigenvalue weighted by atomic mass is 32.2. The first-order chi connectivity index (χ1) is 15.7. The Morgan fingerprint density at radius 2 is 1.58 bits per heavy atom. The van der Waals surface area contributed by atoms with E-state index in [0.29, 0.717) is 43.3 Å². The number of anilines is 1. The van der Waals surface area contributed by atoms with Crippen molar-refractivity contribution in [2.45, 2.75) is 37.9 Å². The molecule has 2 aromatic rings. The van der Waals surface area contributed by atoms with Gasteiger partial charge in [-0.25, -0.2) is 13.2 Å². The van der Waals surface area contributed by atoms with Crippen molar-refractivity contribution < 1.29 is 32.2 Å². The smallest absolute Gasteiger partial charge is 0.338 e.